The molecular weight excluding hydrogens is 452 g/mol. The van der Waals surface area contributed by atoms with Crippen molar-refractivity contribution in [1.82, 2.24) is 19.9 Å². The lowest BCUT2D eigenvalue weighted by molar-refractivity contribution is 1.04. The first kappa shape index (κ1) is 24.0. The number of aromatic nitrogens is 4. The van der Waals surface area contributed by atoms with E-state index in [4.69, 9.17) is 9.97 Å². The lowest BCUT2D eigenvalue weighted by atomic mass is 10.00. The van der Waals surface area contributed by atoms with E-state index in [1.807, 2.05) is 0 Å². The van der Waals surface area contributed by atoms with E-state index in [1.54, 1.807) is 0 Å². The molecule has 37 heavy (non-hydrogen) atoms. The first-order chi connectivity index (χ1) is 17.9. The highest BCUT2D eigenvalue weighted by Gasteiger charge is 2.30. The quantitative estimate of drug-likeness (QED) is 0.384. The van der Waals surface area contributed by atoms with E-state index in [2.05, 4.69) is 76.6 Å². The summed E-state index contributed by atoms with van der Waals surface area (Å²) in [5.41, 5.74) is 21.5. The molecular formula is C33H38N4. The summed E-state index contributed by atoms with van der Waals surface area (Å²) >= 11 is 0. The molecule has 3 aromatic heterocycles. The lowest BCUT2D eigenvalue weighted by Gasteiger charge is -2.03. The van der Waals surface area contributed by atoms with Gasteiger partial charge in [-0.15, -0.1) is 0 Å². The van der Waals surface area contributed by atoms with Crippen LogP contribution < -0.4 is 0 Å². The van der Waals surface area contributed by atoms with Gasteiger partial charge in [0.15, 0.2) is 0 Å². The molecule has 0 aromatic carbocycles. The SMILES string of the molecule is CCC1=C2CCc3c4nc(cc5[nH]c(cc6[nH]c(cc1nc32)c(CC)c6C)c(CC)c5C)C(C)=C4CC. The number of aryl methyl sites for hydroxylation is 4. The minimum atomic E-state index is 0.980. The molecule has 3 aliphatic rings. The molecule has 0 saturated carbocycles. The average molecular weight is 491 g/mol. The Morgan fingerprint density at radius 1 is 0.622 bits per heavy atom. The van der Waals surface area contributed by atoms with Crippen molar-refractivity contribution in [3.63, 3.8) is 0 Å². The van der Waals surface area contributed by atoms with Gasteiger partial charge >= 0.3 is 0 Å². The van der Waals surface area contributed by atoms with Crippen LogP contribution in [0.25, 0.3) is 44.4 Å². The molecule has 4 nitrogen and oxygen atoms in total. The predicted molar refractivity (Wildman–Crippen MR) is 157 cm³/mol. The first-order valence-corrected chi connectivity index (χ1v) is 14.1. The zero-order valence-electron chi connectivity index (χ0n) is 23.4. The number of nitrogens with zero attached hydrogens (tertiary/aromatic N) is 2. The van der Waals surface area contributed by atoms with Crippen LogP contribution in [-0.2, 0) is 19.3 Å². The third-order valence-corrected chi connectivity index (χ3v) is 8.91. The third kappa shape index (κ3) is 3.48. The van der Waals surface area contributed by atoms with E-state index < -0.39 is 0 Å². The Morgan fingerprint density at radius 2 is 1.19 bits per heavy atom. The van der Waals surface area contributed by atoms with Gasteiger partial charge in [0.2, 0.25) is 0 Å². The molecule has 3 aromatic rings. The van der Waals surface area contributed by atoms with Crippen LogP contribution in [0.4, 0.5) is 0 Å². The summed E-state index contributed by atoms with van der Waals surface area (Å²) in [7, 11) is 0. The summed E-state index contributed by atoms with van der Waals surface area (Å²) in [6.45, 7) is 15.7. The van der Waals surface area contributed by atoms with E-state index in [-0.39, 0.29) is 0 Å². The molecule has 1 aliphatic carbocycles. The smallest absolute Gasteiger partial charge is 0.0726 e. The molecule has 0 saturated heterocycles. The standard InChI is InChI=1S/C33H38N4/c1-8-20-17(5)26-14-28-19(7)22(10-3)32(36-28)25-13-12-24-23(11-4)31(37-33(24)25)16-30-21(9-2)18(6)27(35-30)15-29(20)34-26/h14-16,34-35H,8-13H2,1-7H3. The summed E-state index contributed by atoms with van der Waals surface area (Å²) in [6.07, 6.45) is 6.04. The van der Waals surface area contributed by atoms with Crippen LogP contribution in [0.3, 0.4) is 0 Å². The number of fused-ring (bicyclic) bond motifs is 8. The number of allylic oxidation sites excluding steroid dienone is 4. The average Bonchev–Trinajstić information content (AvgIpc) is 3.65. The topological polar surface area (TPSA) is 57.4 Å². The van der Waals surface area contributed by atoms with Crippen molar-refractivity contribution in [1.29, 1.82) is 0 Å². The number of H-pyrrole nitrogens is 2. The third-order valence-electron chi connectivity index (χ3n) is 8.91. The molecule has 4 heteroatoms. The predicted octanol–water partition coefficient (Wildman–Crippen LogP) is 8.66. The first-order valence-electron chi connectivity index (χ1n) is 14.1. The van der Waals surface area contributed by atoms with Crippen molar-refractivity contribution in [3.05, 3.63) is 68.8 Å². The fourth-order valence-electron chi connectivity index (χ4n) is 6.83. The Morgan fingerprint density at radius 3 is 1.81 bits per heavy atom. The van der Waals surface area contributed by atoms with E-state index in [1.165, 1.54) is 78.0 Å². The maximum Gasteiger partial charge on any atom is 0.0726 e. The summed E-state index contributed by atoms with van der Waals surface area (Å²) in [4.78, 5) is 18.1. The van der Waals surface area contributed by atoms with Crippen LogP contribution in [0.2, 0.25) is 0 Å². The maximum atomic E-state index is 5.30. The van der Waals surface area contributed by atoms with Gasteiger partial charge in [-0.1, -0.05) is 27.7 Å². The second kappa shape index (κ2) is 8.86. The highest BCUT2D eigenvalue weighted by molar-refractivity contribution is 5.99. The van der Waals surface area contributed by atoms with Gasteiger partial charge in [-0.3, -0.25) is 0 Å². The van der Waals surface area contributed by atoms with Gasteiger partial charge in [-0.05, 0) is 122 Å². The zero-order chi connectivity index (χ0) is 26.0. The molecule has 5 heterocycles. The van der Waals surface area contributed by atoms with Gasteiger partial charge in [0.1, 0.15) is 0 Å². The summed E-state index contributed by atoms with van der Waals surface area (Å²) in [5, 5.41) is 0. The van der Waals surface area contributed by atoms with E-state index in [0.29, 0.717) is 0 Å². The van der Waals surface area contributed by atoms with Gasteiger partial charge in [-0.25, -0.2) is 9.97 Å². The molecule has 2 aliphatic heterocycles. The lowest BCUT2D eigenvalue weighted by Crippen LogP contribution is -1.92. The van der Waals surface area contributed by atoms with Crippen LogP contribution in [0, 0.1) is 13.8 Å². The van der Waals surface area contributed by atoms with Gasteiger partial charge in [0.25, 0.3) is 0 Å². The number of aromatic amines is 2. The largest absolute Gasteiger partial charge is 0.355 e. The molecule has 8 bridgehead atoms. The van der Waals surface area contributed by atoms with Gasteiger partial charge < -0.3 is 9.97 Å². The number of rotatable bonds is 4. The van der Waals surface area contributed by atoms with Crippen molar-refractivity contribution < 1.29 is 0 Å². The molecule has 0 amide bonds. The molecule has 190 valence electrons. The van der Waals surface area contributed by atoms with E-state index >= 15 is 0 Å². The van der Waals surface area contributed by atoms with Gasteiger partial charge in [0.05, 0.1) is 22.8 Å². The highest BCUT2D eigenvalue weighted by atomic mass is 14.8. The second-order valence-electron chi connectivity index (χ2n) is 10.7. The fourth-order valence-corrected chi connectivity index (χ4v) is 6.83. The molecule has 0 radical (unpaired) electrons. The van der Waals surface area contributed by atoms with Crippen LogP contribution in [0.15, 0.2) is 18.2 Å². The Hall–Kier alpha value is -3.40. The molecule has 0 fully saturated rings. The summed E-state index contributed by atoms with van der Waals surface area (Å²) in [5.74, 6) is 0. The Labute approximate surface area is 220 Å². The molecule has 0 unspecified atom stereocenters. The van der Waals surface area contributed by atoms with E-state index in [0.717, 1.165) is 55.4 Å². The minimum Gasteiger partial charge on any atom is -0.355 e. The Bertz CT molecular complexity index is 1690. The van der Waals surface area contributed by atoms with Crippen LogP contribution >= 0.6 is 0 Å². The number of nitrogens with one attached hydrogen (secondary N) is 2. The van der Waals surface area contributed by atoms with Crippen molar-refractivity contribution >= 4 is 44.4 Å². The Balaban J connectivity index is 1.83. The van der Waals surface area contributed by atoms with Crippen molar-refractivity contribution in [2.75, 3.05) is 0 Å². The second-order valence-corrected chi connectivity index (χ2v) is 10.7. The normalized spacial score (nSPS) is 14.9. The van der Waals surface area contributed by atoms with Gasteiger partial charge in [-0.2, -0.15) is 0 Å². The minimum absolute atomic E-state index is 0.980. The zero-order valence-corrected chi connectivity index (χ0v) is 23.4. The molecule has 6 rings (SSSR count). The molecule has 0 atom stereocenters. The van der Waals surface area contributed by atoms with Gasteiger partial charge in [0, 0.05) is 27.6 Å². The van der Waals surface area contributed by atoms with Crippen LogP contribution in [0.1, 0.15) is 104 Å². The van der Waals surface area contributed by atoms with Crippen LogP contribution in [-0.4, -0.2) is 19.9 Å². The van der Waals surface area contributed by atoms with Crippen molar-refractivity contribution in [2.45, 2.75) is 87.0 Å². The number of hydrogen-bond donors (Lipinski definition) is 2. The maximum absolute atomic E-state index is 5.30. The summed E-state index contributed by atoms with van der Waals surface area (Å²) in [6, 6.07) is 6.88. The van der Waals surface area contributed by atoms with Crippen molar-refractivity contribution in [3.8, 4) is 0 Å². The Kier molecular flexibility index (Phi) is 5.74. The fraction of sp³-hybridized carbons (Fsp3) is 0.394. The van der Waals surface area contributed by atoms with Crippen LogP contribution in [0.5, 0.6) is 0 Å². The molecule has 0 spiro atoms. The summed E-state index contributed by atoms with van der Waals surface area (Å²) < 4.78 is 0. The molecule has 2 N–H and O–H groups in total. The monoisotopic (exact) mass is 490 g/mol. The van der Waals surface area contributed by atoms with E-state index in [9.17, 15) is 0 Å². The van der Waals surface area contributed by atoms with Crippen molar-refractivity contribution in [2.24, 2.45) is 0 Å². The highest BCUT2D eigenvalue weighted by Crippen LogP contribution is 2.45. The number of hydrogen-bond acceptors (Lipinski definition) is 2.